The zero-order valence-electron chi connectivity index (χ0n) is 15.9. The van der Waals surface area contributed by atoms with E-state index in [2.05, 4.69) is 38.9 Å². The first-order valence-electron chi connectivity index (χ1n) is 9.16. The molecule has 0 atom stereocenters. The van der Waals surface area contributed by atoms with E-state index in [1.54, 1.807) is 36.4 Å². The fourth-order valence-electron chi connectivity index (χ4n) is 2.73. The molecule has 0 heterocycles. The highest BCUT2D eigenvalue weighted by atomic mass is 79.9. The van der Waals surface area contributed by atoms with E-state index in [9.17, 15) is 9.59 Å². The topological polar surface area (TPSA) is 67.4 Å². The average Bonchev–Trinajstić information content (AvgIpc) is 2.73. The number of carbonyl (C=O) groups is 2. The number of hydrogen-bond acceptors (Lipinski definition) is 3. The fourth-order valence-corrected chi connectivity index (χ4v) is 3.22. The molecule has 0 radical (unpaired) electrons. The van der Waals surface area contributed by atoms with E-state index in [0.29, 0.717) is 28.0 Å². The van der Waals surface area contributed by atoms with Crippen LogP contribution in [0.5, 0.6) is 5.75 Å². The lowest BCUT2D eigenvalue weighted by atomic mass is 10.1. The Morgan fingerprint density at radius 1 is 0.862 bits per heavy atom. The number of rotatable bonds is 6. The highest BCUT2D eigenvalue weighted by Crippen LogP contribution is 2.26. The maximum Gasteiger partial charge on any atom is 0.269 e. The number of aryl methyl sites for hydroxylation is 1. The molecule has 2 N–H and O–H groups in total. The van der Waals surface area contributed by atoms with Crippen LogP contribution in [-0.2, 0) is 6.42 Å². The van der Waals surface area contributed by atoms with Crippen molar-refractivity contribution in [2.45, 2.75) is 13.3 Å². The van der Waals surface area contributed by atoms with Crippen molar-refractivity contribution >= 4 is 27.7 Å². The van der Waals surface area contributed by atoms with Crippen molar-refractivity contribution in [3.63, 3.8) is 0 Å². The minimum Gasteiger partial charge on any atom is -0.492 e. The standard InChI is InChI=1S/C23H21BrN2O3/c1-16-6-5-9-18(14-16)22(27)25-26-23(28)19-10-11-21(20(24)15-19)29-13-12-17-7-3-2-4-8-17/h2-11,14-15H,12-13H2,1H3,(H,25,27)(H,26,28). The van der Waals surface area contributed by atoms with Gasteiger partial charge in [0.1, 0.15) is 5.75 Å². The Labute approximate surface area is 178 Å². The minimum atomic E-state index is -0.414. The maximum atomic E-state index is 12.3. The second-order valence-corrected chi connectivity index (χ2v) is 7.36. The molecule has 0 saturated carbocycles. The molecule has 0 aliphatic rings. The predicted molar refractivity (Wildman–Crippen MR) is 116 cm³/mol. The number of benzene rings is 3. The lowest BCUT2D eigenvalue weighted by molar-refractivity contribution is 0.0846. The Kier molecular flexibility index (Phi) is 7.03. The van der Waals surface area contributed by atoms with Gasteiger partial charge in [0.05, 0.1) is 11.1 Å². The summed E-state index contributed by atoms with van der Waals surface area (Å²) in [4.78, 5) is 24.5. The van der Waals surface area contributed by atoms with E-state index >= 15 is 0 Å². The molecule has 0 aliphatic heterocycles. The minimum absolute atomic E-state index is 0.373. The van der Waals surface area contributed by atoms with E-state index in [1.807, 2.05) is 31.2 Å². The fraction of sp³-hybridized carbons (Fsp3) is 0.130. The number of amides is 2. The molecule has 0 saturated heterocycles. The molecule has 6 heteroatoms. The van der Waals surface area contributed by atoms with E-state index in [4.69, 9.17) is 4.74 Å². The molecule has 0 spiro atoms. The third kappa shape index (κ3) is 5.93. The molecule has 2 amide bonds. The van der Waals surface area contributed by atoms with Crippen LogP contribution >= 0.6 is 15.9 Å². The zero-order chi connectivity index (χ0) is 20.6. The van der Waals surface area contributed by atoms with Crippen LogP contribution in [0.15, 0.2) is 77.3 Å². The first-order valence-corrected chi connectivity index (χ1v) is 9.96. The quantitative estimate of drug-likeness (QED) is 0.542. The van der Waals surface area contributed by atoms with Gasteiger partial charge in [-0.3, -0.25) is 20.4 Å². The number of halogens is 1. The molecule has 0 bridgehead atoms. The van der Waals surface area contributed by atoms with Gasteiger partial charge in [-0.15, -0.1) is 0 Å². The lowest BCUT2D eigenvalue weighted by Gasteiger charge is -2.11. The van der Waals surface area contributed by atoms with Gasteiger partial charge in [0.25, 0.3) is 11.8 Å². The van der Waals surface area contributed by atoms with Crippen molar-refractivity contribution < 1.29 is 14.3 Å². The highest BCUT2D eigenvalue weighted by Gasteiger charge is 2.11. The summed E-state index contributed by atoms with van der Waals surface area (Å²) in [5, 5.41) is 0. The number of hydrazine groups is 1. The summed E-state index contributed by atoms with van der Waals surface area (Å²) in [6, 6.07) is 22.2. The summed E-state index contributed by atoms with van der Waals surface area (Å²) in [5.41, 5.74) is 7.90. The molecule has 5 nitrogen and oxygen atoms in total. The number of carbonyl (C=O) groups excluding carboxylic acids is 2. The summed E-state index contributed by atoms with van der Waals surface area (Å²) in [6.07, 6.45) is 0.792. The van der Waals surface area contributed by atoms with Crippen LogP contribution in [0.4, 0.5) is 0 Å². The van der Waals surface area contributed by atoms with Crippen LogP contribution in [0.3, 0.4) is 0 Å². The van der Waals surface area contributed by atoms with Gasteiger partial charge in [-0.05, 0) is 58.7 Å². The highest BCUT2D eigenvalue weighted by molar-refractivity contribution is 9.10. The van der Waals surface area contributed by atoms with Gasteiger partial charge in [0.15, 0.2) is 0 Å². The summed E-state index contributed by atoms with van der Waals surface area (Å²) >= 11 is 3.43. The van der Waals surface area contributed by atoms with Gasteiger partial charge in [0.2, 0.25) is 0 Å². The molecule has 3 aromatic carbocycles. The van der Waals surface area contributed by atoms with Crippen LogP contribution < -0.4 is 15.6 Å². The molecular weight excluding hydrogens is 432 g/mol. The Balaban J connectivity index is 1.53. The zero-order valence-corrected chi connectivity index (χ0v) is 17.5. The molecule has 148 valence electrons. The predicted octanol–water partition coefficient (Wildman–Crippen LogP) is 4.45. The largest absolute Gasteiger partial charge is 0.492 e. The van der Waals surface area contributed by atoms with E-state index in [-0.39, 0.29) is 5.91 Å². The molecule has 0 unspecified atom stereocenters. The molecule has 29 heavy (non-hydrogen) atoms. The second-order valence-electron chi connectivity index (χ2n) is 6.51. The monoisotopic (exact) mass is 452 g/mol. The summed E-state index contributed by atoms with van der Waals surface area (Å²) in [6.45, 7) is 2.43. The summed E-state index contributed by atoms with van der Waals surface area (Å²) in [5.74, 6) is -0.134. The lowest BCUT2D eigenvalue weighted by Crippen LogP contribution is -2.41. The van der Waals surface area contributed by atoms with Crippen molar-refractivity contribution in [2.75, 3.05) is 6.61 Å². The molecule has 0 aromatic heterocycles. The van der Waals surface area contributed by atoms with Crippen LogP contribution in [0.1, 0.15) is 31.8 Å². The SMILES string of the molecule is Cc1cccc(C(=O)NNC(=O)c2ccc(OCCc3ccccc3)c(Br)c2)c1. The van der Waals surface area contributed by atoms with Gasteiger partial charge >= 0.3 is 0 Å². The van der Waals surface area contributed by atoms with Gasteiger partial charge < -0.3 is 4.74 Å². The van der Waals surface area contributed by atoms with Crippen molar-refractivity contribution in [3.05, 3.63) is 99.5 Å². The van der Waals surface area contributed by atoms with Gasteiger partial charge in [-0.1, -0.05) is 48.0 Å². The third-order valence-corrected chi connectivity index (χ3v) is 4.87. The van der Waals surface area contributed by atoms with Crippen LogP contribution in [0.2, 0.25) is 0 Å². The number of ether oxygens (including phenoxy) is 1. The summed E-state index contributed by atoms with van der Waals surface area (Å²) in [7, 11) is 0. The first-order chi connectivity index (χ1) is 14.0. The number of hydrogen-bond donors (Lipinski definition) is 2. The molecule has 3 rings (SSSR count). The normalized spacial score (nSPS) is 10.3. The van der Waals surface area contributed by atoms with Crippen LogP contribution in [0.25, 0.3) is 0 Å². The van der Waals surface area contributed by atoms with Crippen molar-refractivity contribution in [1.29, 1.82) is 0 Å². The Morgan fingerprint density at radius 2 is 1.55 bits per heavy atom. The van der Waals surface area contributed by atoms with Crippen LogP contribution in [-0.4, -0.2) is 18.4 Å². The van der Waals surface area contributed by atoms with Crippen molar-refractivity contribution in [3.8, 4) is 5.75 Å². The third-order valence-electron chi connectivity index (χ3n) is 4.26. The smallest absolute Gasteiger partial charge is 0.269 e. The van der Waals surface area contributed by atoms with Gasteiger partial charge in [-0.2, -0.15) is 0 Å². The number of nitrogens with one attached hydrogen (secondary N) is 2. The molecule has 3 aromatic rings. The van der Waals surface area contributed by atoms with E-state index in [0.717, 1.165) is 12.0 Å². The Hall–Kier alpha value is -3.12. The van der Waals surface area contributed by atoms with Crippen LogP contribution in [0, 0.1) is 6.92 Å². The Morgan fingerprint density at radius 3 is 2.21 bits per heavy atom. The second kappa shape index (κ2) is 9.89. The van der Waals surface area contributed by atoms with E-state index < -0.39 is 5.91 Å². The van der Waals surface area contributed by atoms with Gasteiger partial charge in [0, 0.05) is 17.5 Å². The van der Waals surface area contributed by atoms with Crippen molar-refractivity contribution in [1.82, 2.24) is 10.9 Å². The maximum absolute atomic E-state index is 12.3. The van der Waals surface area contributed by atoms with Crippen molar-refractivity contribution in [2.24, 2.45) is 0 Å². The summed E-state index contributed by atoms with van der Waals surface area (Å²) < 4.78 is 6.46. The molecule has 0 fully saturated rings. The Bertz CT molecular complexity index is 1010. The first kappa shape index (κ1) is 20.6. The van der Waals surface area contributed by atoms with E-state index in [1.165, 1.54) is 5.56 Å². The molecule has 0 aliphatic carbocycles. The average molecular weight is 453 g/mol. The molecular formula is C23H21BrN2O3. The van der Waals surface area contributed by atoms with Gasteiger partial charge in [-0.25, -0.2) is 0 Å².